The van der Waals surface area contributed by atoms with Gasteiger partial charge in [-0.25, -0.2) is 4.39 Å². The fraction of sp³-hybridized carbons (Fsp3) is 0.500. The topological polar surface area (TPSA) is 12.0 Å². The van der Waals surface area contributed by atoms with Crippen molar-refractivity contribution in [3.05, 3.63) is 47.8 Å². The third-order valence-electron chi connectivity index (χ3n) is 3.09. The third kappa shape index (κ3) is 5.46. The van der Waals surface area contributed by atoms with Crippen molar-refractivity contribution in [2.45, 2.75) is 45.6 Å². The lowest BCUT2D eigenvalue weighted by Crippen LogP contribution is -2.32. The van der Waals surface area contributed by atoms with E-state index in [-0.39, 0.29) is 5.82 Å². The van der Waals surface area contributed by atoms with Crippen LogP contribution in [0.1, 0.15) is 38.7 Å². The van der Waals surface area contributed by atoms with E-state index < -0.39 is 0 Å². The summed E-state index contributed by atoms with van der Waals surface area (Å²) in [6, 6.07) is 7.23. The molecule has 0 aliphatic rings. The molecule has 0 saturated carbocycles. The molecule has 0 radical (unpaired) electrons. The molecule has 0 aliphatic heterocycles. The molecule has 0 heterocycles. The van der Waals surface area contributed by atoms with Gasteiger partial charge >= 0.3 is 0 Å². The van der Waals surface area contributed by atoms with Crippen LogP contribution in [-0.2, 0) is 6.42 Å². The van der Waals surface area contributed by atoms with E-state index in [0.717, 1.165) is 37.8 Å². The Bertz CT molecular complexity index is 373. The zero-order valence-electron chi connectivity index (χ0n) is 11.5. The molecular formula is C16H24FN. The molecule has 0 aromatic heterocycles. The van der Waals surface area contributed by atoms with Crippen molar-refractivity contribution in [2.24, 2.45) is 0 Å². The number of rotatable bonds is 8. The van der Waals surface area contributed by atoms with Crippen molar-refractivity contribution in [1.29, 1.82) is 0 Å². The first-order chi connectivity index (χ1) is 8.65. The molecule has 1 aromatic rings. The van der Waals surface area contributed by atoms with Gasteiger partial charge in [-0.05, 0) is 49.9 Å². The second kappa shape index (κ2) is 8.04. The summed E-state index contributed by atoms with van der Waals surface area (Å²) >= 11 is 0. The number of hydrogen-bond donors (Lipinski definition) is 1. The second-order valence-corrected chi connectivity index (χ2v) is 4.79. The van der Waals surface area contributed by atoms with Gasteiger partial charge in [-0.2, -0.15) is 0 Å². The maximum absolute atomic E-state index is 13.2. The number of hydrogen-bond acceptors (Lipinski definition) is 1. The normalized spacial score (nSPS) is 12.4. The first-order valence-corrected chi connectivity index (χ1v) is 6.80. The van der Waals surface area contributed by atoms with Crippen molar-refractivity contribution in [1.82, 2.24) is 5.32 Å². The summed E-state index contributed by atoms with van der Waals surface area (Å²) in [5.41, 5.74) is 2.30. The molecule has 0 saturated heterocycles. The Labute approximate surface area is 110 Å². The largest absolute Gasteiger partial charge is 0.313 e. The predicted octanol–water partition coefficient (Wildman–Crippen LogP) is 4.09. The highest BCUT2D eigenvalue weighted by Crippen LogP contribution is 2.13. The zero-order chi connectivity index (χ0) is 13.4. The second-order valence-electron chi connectivity index (χ2n) is 4.79. The molecule has 100 valence electrons. The summed E-state index contributed by atoms with van der Waals surface area (Å²) in [7, 11) is 0. The van der Waals surface area contributed by atoms with Crippen molar-refractivity contribution in [3.8, 4) is 0 Å². The molecule has 1 N–H and O–H groups in total. The van der Waals surface area contributed by atoms with Gasteiger partial charge in [0.2, 0.25) is 0 Å². The summed E-state index contributed by atoms with van der Waals surface area (Å²) < 4.78 is 13.2. The van der Waals surface area contributed by atoms with Gasteiger partial charge in [-0.3, -0.25) is 0 Å². The molecule has 0 aliphatic carbocycles. The van der Waals surface area contributed by atoms with E-state index >= 15 is 0 Å². The number of halogens is 1. The van der Waals surface area contributed by atoms with E-state index in [4.69, 9.17) is 0 Å². The first-order valence-electron chi connectivity index (χ1n) is 6.80. The van der Waals surface area contributed by atoms with Crippen molar-refractivity contribution >= 4 is 0 Å². The van der Waals surface area contributed by atoms with Crippen LogP contribution in [0, 0.1) is 5.82 Å². The standard InChI is InChI=1S/C16H24FN/c1-4-9-18-16(10-13(3)5-2)12-14-7-6-8-15(17)11-14/h6-8,11,16,18H,3-5,9-10,12H2,1-2H3. The van der Waals surface area contributed by atoms with E-state index in [1.54, 1.807) is 12.1 Å². The molecule has 1 atom stereocenters. The fourth-order valence-corrected chi connectivity index (χ4v) is 2.01. The molecule has 1 aromatic carbocycles. The van der Waals surface area contributed by atoms with Crippen LogP contribution in [0.2, 0.25) is 0 Å². The van der Waals surface area contributed by atoms with E-state index in [1.165, 1.54) is 11.6 Å². The van der Waals surface area contributed by atoms with Gasteiger partial charge in [0.05, 0.1) is 0 Å². The monoisotopic (exact) mass is 249 g/mol. The fourth-order valence-electron chi connectivity index (χ4n) is 2.01. The summed E-state index contributed by atoms with van der Waals surface area (Å²) in [6.07, 6.45) is 3.94. The summed E-state index contributed by atoms with van der Waals surface area (Å²) in [6.45, 7) is 9.34. The van der Waals surface area contributed by atoms with Gasteiger partial charge < -0.3 is 5.32 Å². The Morgan fingerprint density at radius 3 is 2.78 bits per heavy atom. The van der Waals surface area contributed by atoms with Gasteiger partial charge in [0.15, 0.2) is 0 Å². The van der Waals surface area contributed by atoms with Gasteiger partial charge in [-0.15, -0.1) is 0 Å². The van der Waals surface area contributed by atoms with Crippen LogP contribution in [0.4, 0.5) is 4.39 Å². The molecule has 0 fully saturated rings. The molecule has 1 unspecified atom stereocenters. The highest BCUT2D eigenvalue weighted by molar-refractivity contribution is 5.18. The minimum absolute atomic E-state index is 0.156. The molecular weight excluding hydrogens is 225 g/mol. The Morgan fingerprint density at radius 1 is 1.39 bits per heavy atom. The van der Waals surface area contributed by atoms with Crippen LogP contribution < -0.4 is 5.32 Å². The van der Waals surface area contributed by atoms with Crippen LogP contribution in [0.5, 0.6) is 0 Å². The van der Waals surface area contributed by atoms with Gasteiger partial charge in [0.25, 0.3) is 0 Å². The highest BCUT2D eigenvalue weighted by Gasteiger charge is 2.10. The maximum Gasteiger partial charge on any atom is 0.123 e. The van der Waals surface area contributed by atoms with E-state index in [2.05, 4.69) is 25.7 Å². The minimum atomic E-state index is -0.156. The number of nitrogens with one attached hydrogen (secondary N) is 1. The maximum atomic E-state index is 13.2. The van der Waals surface area contributed by atoms with Crippen LogP contribution in [0.3, 0.4) is 0 Å². The lowest BCUT2D eigenvalue weighted by molar-refractivity contribution is 0.498. The van der Waals surface area contributed by atoms with Crippen molar-refractivity contribution < 1.29 is 4.39 Å². The molecule has 2 heteroatoms. The van der Waals surface area contributed by atoms with Crippen LogP contribution in [0.25, 0.3) is 0 Å². The van der Waals surface area contributed by atoms with E-state index in [0.29, 0.717) is 6.04 Å². The molecule has 0 spiro atoms. The zero-order valence-corrected chi connectivity index (χ0v) is 11.5. The lowest BCUT2D eigenvalue weighted by Gasteiger charge is -2.19. The van der Waals surface area contributed by atoms with Crippen LogP contribution in [-0.4, -0.2) is 12.6 Å². The summed E-state index contributed by atoms with van der Waals surface area (Å²) in [4.78, 5) is 0. The Hall–Kier alpha value is -1.15. The smallest absolute Gasteiger partial charge is 0.123 e. The minimum Gasteiger partial charge on any atom is -0.313 e. The van der Waals surface area contributed by atoms with E-state index in [1.807, 2.05) is 6.07 Å². The Balaban J connectivity index is 2.62. The molecule has 0 bridgehead atoms. The SMILES string of the molecule is C=C(CC)CC(Cc1cccc(F)c1)NCCC. The molecule has 1 rings (SSSR count). The van der Waals surface area contributed by atoms with Gasteiger partial charge in [0, 0.05) is 6.04 Å². The Kier molecular flexibility index (Phi) is 6.66. The Morgan fingerprint density at radius 2 is 2.17 bits per heavy atom. The molecule has 0 amide bonds. The third-order valence-corrected chi connectivity index (χ3v) is 3.09. The average molecular weight is 249 g/mol. The number of benzene rings is 1. The van der Waals surface area contributed by atoms with Crippen LogP contribution >= 0.6 is 0 Å². The summed E-state index contributed by atoms with van der Waals surface area (Å²) in [5.74, 6) is -0.156. The molecule has 18 heavy (non-hydrogen) atoms. The van der Waals surface area contributed by atoms with Crippen LogP contribution in [0.15, 0.2) is 36.4 Å². The van der Waals surface area contributed by atoms with Gasteiger partial charge in [0.1, 0.15) is 5.82 Å². The quantitative estimate of drug-likeness (QED) is 0.684. The predicted molar refractivity (Wildman–Crippen MR) is 76.2 cm³/mol. The average Bonchev–Trinajstić information content (AvgIpc) is 2.35. The highest BCUT2D eigenvalue weighted by atomic mass is 19.1. The first kappa shape index (κ1) is 14.9. The summed E-state index contributed by atoms with van der Waals surface area (Å²) in [5, 5.41) is 3.52. The lowest BCUT2D eigenvalue weighted by atomic mass is 9.98. The van der Waals surface area contributed by atoms with Crippen molar-refractivity contribution in [3.63, 3.8) is 0 Å². The van der Waals surface area contributed by atoms with Crippen molar-refractivity contribution in [2.75, 3.05) is 6.54 Å². The van der Waals surface area contributed by atoms with E-state index in [9.17, 15) is 4.39 Å². The molecule has 1 nitrogen and oxygen atoms in total. The van der Waals surface area contributed by atoms with Gasteiger partial charge in [-0.1, -0.05) is 38.1 Å².